The lowest BCUT2D eigenvalue weighted by Gasteiger charge is -2.34. The Bertz CT molecular complexity index is 520. The molecule has 0 saturated carbocycles. The number of fused-ring (bicyclic) bond motifs is 1. The number of rotatable bonds is 6. The van der Waals surface area contributed by atoms with E-state index in [2.05, 4.69) is 17.4 Å². The van der Waals surface area contributed by atoms with E-state index in [4.69, 9.17) is 0 Å². The normalized spacial score (nSPS) is 20.5. The van der Waals surface area contributed by atoms with Crippen LogP contribution >= 0.6 is 0 Å². The number of nitrogens with zero attached hydrogens (tertiary/aromatic N) is 1. The van der Waals surface area contributed by atoms with Crippen LogP contribution in [0.3, 0.4) is 0 Å². The van der Waals surface area contributed by atoms with Crippen LogP contribution in [0.2, 0.25) is 0 Å². The molecule has 1 unspecified atom stereocenters. The Morgan fingerprint density at radius 3 is 2.50 bits per heavy atom. The minimum Gasteiger partial charge on any atom is -0.394 e. The second-order valence-electron chi connectivity index (χ2n) is 6.74. The fourth-order valence-electron chi connectivity index (χ4n) is 3.60. The molecule has 0 spiro atoms. The summed E-state index contributed by atoms with van der Waals surface area (Å²) in [4.78, 5) is 14.4. The summed E-state index contributed by atoms with van der Waals surface area (Å²) in [6.45, 7) is 8.40. The zero-order valence-electron chi connectivity index (χ0n) is 14.1. The number of aliphatic hydroxyl groups excluding tert-OH is 1. The maximum atomic E-state index is 12.5. The van der Waals surface area contributed by atoms with Gasteiger partial charge in [0.2, 0.25) is 5.91 Å². The number of amides is 1. The van der Waals surface area contributed by atoms with Crippen LogP contribution in [0.4, 0.5) is 0 Å². The largest absolute Gasteiger partial charge is 0.394 e. The van der Waals surface area contributed by atoms with Crippen molar-refractivity contribution in [1.82, 2.24) is 10.2 Å². The highest BCUT2D eigenvalue weighted by molar-refractivity contribution is 5.79. The van der Waals surface area contributed by atoms with Crippen LogP contribution < -0.4 is 5.32 Å². The van der Waals surface area contributed by atoms with E-state index in [0.717, 1.165) is 18.4 Å². The van der Waals surface area contributed by atoms with E-state index < -0.39 is 5.54 Å². The van der Waals surface area contributed by atoms with Gasteiger partial charge in [0.25, 0.3) is 0 Å². The first-order valence-electron chi connectivity index (χ1n) is 8.16. The standard InChI is InChI=1S/C18H28N2O2/c1-13(2)20(14(3)4)17(22)11-19-18(12-21)10-9-15-7-5-6-8-16(15)18/h5-8,13-14,19,21H,9-12H2,1-4H3. The molecule has 0 aliphatic heterocycles. The van der Waals surface area contributed by atoms with E-state index in [1.54, 1.807) is 0 Å². The first-order valence-corrected chi connectivity index (χ1v) is 8.16. The molecule has 0 aromatic heterocycles. The third-order valence-corrected chi connectivity index (χ3v) is 4.60. The number of aliphatic hydroxyl groups is 1. The summed E-state index contributed by atoms with van der Waals surface area (Å²) < 4.78 is 0. The summed E-state index contributed by atoms with van der Waals surface area (Å²) in [7, 11) is 0. The molecule has 0 heterocycles. The molecule has 0 fully saturated rings. The molecule has 4 heteroatoms. The topological polar surface area (TPSA) is 52.6 Å². The minimum absolute atomic E-state index is 0.0145. The van der Waals surface area contributed by atoms with Gasteiger partial charge in [-0.25, -0.2) is 0 Å². The van der Waals surface area contributed by atoms with Gasteiger partial charge in [0.1, 0.15) is 0 Å². The van der Waals surface area contributed by atoms with Gasteiger partial charge in [-0.05, 0) is 51.7 Å². The van der Waals surface area contributed by atoms with Crippen molar-refractivity contribution >= 4 is 5.91 Å². The van der Waals surface area contributed by atoms with Gasteiger partial charge in [0, 0.05) is 12.1 Å². The molecule has 1 atom stereocenters. The molecule has 1 aliphatic rings. The van der Waals surface area contributed by atoms with Gasteiger partial charge in [0.15, 0.2) is 0 Å². The van der Waals surface area contributed by atoms with Crippen molar-refractivity contribution in [3.05, 3.63) is 35.4 Å². The number of hydrogen-bond acceptors (Lipinski definition) is 3. The fraction of sp³-hybridized carbons (Fsp3) is 0.611. The Labute approximate surface area is 133 Å². The first-order chi connectivity index (χ1) is 10.4. The second-order valence-corrected chi connectivity index (χ2v) is 6.74. The molecule has 22 heavy (non-hydrogen) atoms. The van der Waals surface area contributed by atoms with Crippen LogP contribution in [0.1, 0.15) is 45.2 Å². The number of benzene rings is 1. The van der Waals surface area contributed by atoms with Crippen LogP contribution in [0.15, 0.2) is 24.3 Å². The first kappa shape index (κ1) is 17.0. The molecule has 2 N–H and O–H groups in total. The van der Waals surface area contributed by atoms with E-state index in [-0.39, 0.29) is 31.1 Å². The summed E-state index contributed by atoms with van der Waals surface area (Å²) in [5.74, 6) is 0.0854. The quantitative estimate of drug-likeness (QED) is 0.846. The molecular formula is C18H28N2O2. The molecule has 0 radical (unpaired) electrons. The lowest BCUT2D eigenvalue weighted by molar-refractivity contribution is -0.134. The van der Waals surface area contributed by atoms with Gasteiger partial charge in [-0.1, -0.05) is 24.3 Å². The Balaban J connectivity index is 2.11. The molecule has 1 aromatic carbocycles. The summed E-state index contributed by atoms with van der Waals surface area (Å²) >= 11 is 0. The van der Waals surface area contributed by atoms with Crippen LogP contribution in [0.25, 0.3) is 0 Å². The molecule has 122 valence electrons. The van der Waals surface area contributed by atoms with Gasteiger partial charge in [-0.15, -0.1) is 0 Å². The number of aryl methyl sites for hydroxylation is 1. The highest BCUT2D eigenvalue weighted by Crippen LogP contribution is 2.36. The summed E-state index contributed by atoms with van der Waals surface area (Å²) in [5, 5.41) is 13.3. The Kier molecular flexibility index (Phi) is 5.24. The van der Waals surface area contributed by atoms with Crippen molar-refractivity contribution in [1.29, 1.82) is 0 Å². The van der Waals surface area contributed by atoms with Gasteiger partial charge in [-0.3, -0.25) is 10.1 Å². The number of hydrogen-bond donors (Lipinski definition) is 2. The van der Waals surface area contributed by atoms with Crippen LogP contribution in [0, 0.1) is 0 Å². The smallest absolute Gasteiger partial charge is 0.237 e. The van der Waals surface area contributed by atoms with Gasteiger partial charge >= 0.3 is 0 Å². The van der Waals surface area contributed by atoms with Crippen molar-refractivity contribution in [3.63, 3.8) is 0 Å². The van der Waals surface area contributed by atoms with Crippen molar-refractivity contribution in [3.8, 4) is 0 Å². The third-order valence-electron chi connectivity index (χ3n) is 4.60. The molecule has 1 amide bonds. The van der Waals surface area contributed by atoms with Crippen LogP contribution in [-0.4, -0.2) is 41.1 Å². The highest BCUT2D eigenvalue weighted by Gasteiger charge is 2.38. The summed E-state index contributed by atoms with van der Waals surface area (Å²) in [6.07, 6.45) is 1.77. The maximum absolute atomic E-state index is 12.5. The average Bonchev–Trinajstić information content (AvgIpc) is 2.84. The molecule has 0 saturated heterocycles. The van der Waals surface area contributed by atoms with E-state index in [1.165, 1.54) is 5.56 Å². The molecule has 2 rings (SSSR count). The second kappa shape index (κ2) is 6.80. The van der Waals surface area contributed by atoms with Crippen molar-refractivity contribution in [2.45, 2.75) is 58.2 Å². The van der Waals surface area contributed by atoms with E-state index >= 15 is 0 Å². The number of carbonyl (C=O) groups excluding carboxylic acids is 1. The third kappa shape index (κ3) is 3.18. The summed E-state index contributed by atoms with van der Waals surface area (Å²) in [6, 6.07) is 8.53. The molecule has 1 aliphatic carbocycles. The van der Waals surface area contributed by atoms with E-state index in [1.807, 2.05) is 44.7 Å². The predicted octanol–water partition coefficient (Wildman–Crippen LogP) is 2.06. The van der Waals surface area contributed by atoms with Gasteiger partial charge < -0.3 is 10.0 Å². The monoisotopic (exact) mass is 304 g/mol. The fourth-order valence-corrected chi connectivity index (χ4v) is 3.60. The number of nitrogens with one attached hydrogen (secondary N) is 1. The minimum atomic E-state index is -0.480. The lowest BCUT2D eigenvalue weighted by atomic mass is 9.92. The molecular weight excluding hydrogens is 276 g/mol. The number of carbonyl (C=O) groups is 1. The Hall–Kier alpha value is -1.39. The lowest BCUT2D eigenvalue weighted by Crippen LogP contribution is -2.51. The van der Waals surface area contributed by atoms with Gasteiger partial charge in [0.05, 0.1) is 18.7 Å². The van der Waals surface area contributed by atoms with Crippen molar-refractivity contribution < 1.29 is 9.90 Å². The van der Waals surface area contributed by atoms with Crippen LogP contribution in [-0.2, 0) is 16.8 Å². The summed E-state index contributed by atoms with van der Waals surface area (Å²) in [5.41, 5.74) is 1.92. The van der Waals surface area contributed by atoms with E-state index in [9.17, 15) is 9.90 Å². The highest BCUT2D eigenvalue weighted by atomic mass is 16.3. The van der Waals surface area contributed by atoms with Crippen molar-refractivity contribution in [2.24, 2.45) is 0 Å². The van der Waals surface area contributed by atoms with Gasteiger partial charge in [-0.2, -0.15) is 0 Å². The van der Waals surface area contributed by atoms with Crippen molar-refractivity contribution in [2.75, 3.05) is 13.2 Å². The van der Waals surface area contributed by atoms with Crippen LogP contribution in [0.5, 0.6) is 0 Å². The Morgan fingerprint density at radius 1 is 1.27 bits per heavy atom. The predicted molar refractivity (Wildman–Crippen MR) is 88.6 cm³/mol. The molecule has 4 nitrogen and oxygen atoms in total. The SMILES string of the molecule is CC(C)N(C(=O)CNC1(CO)CCc2ccccc21)C(C)C. The Morgan fingerprint density at radius 2 is 1.91 bits per heavy atom. The van der Waals surface area contributed by atoms with E-state index in [0.29, 0.717) is 0 Å². The zero-order valence-corrected chi connectivity index (χ0v) is 14.1. The molecule has 1 aromatic rings. The molecule has 0 bridgehead atoms. The zero-order chi connectivity index (χ0) is 16.3. The average molecular weight is 304 g/mol. The maximum Gasteiger partial charge on any atom is 0.237 e.